The van der Waals surface area contributed by atoms with E-state index < -0.39 is 0 Å². The molecule has 1 amide bonds. The molecule has 2 rings (SSSR count). The van der Waals surface area contributed by atoms with Gasteiger partial charge in [-0.1, -0.05) is 6.92 Å². The fourth-order valence-corrected chi connectivity index (χ4v) is 2.22. The first-order valence-electron chi connectivity index (χ1n) is 5.66. The van der Waals surface area contributed by atoms with Crippen molar-refractivity contribution in [2.75, 3.05) is 5.88 Å². The molecule has 1 aromatic heterocycles. The van der Waals surface area contributed by atoms with Gasteiger partial charge in [0, 0.05) is 12.3 Å². The van der Waals surface area contributed by atoms with Crippen molar-refractivity contribution in [1.29, 1.82) is 0 Å². The lowest BCUT2D eigenvalue weighted by Gasteiger charge is -2.40. The van der Waals surface area contributed by atoms with Gasteiger partial charge >= 0.3 is 0 Å². The number of carbonyl (C=O) groups excluding carboxylic acids is 1. The van der Waals surface area contributed by atoms with Crippen molar-refractivity contribution >= 4 is 17.5 Å². The summed E-state index contributed by atoms with van der Waals surface area (Å²) in [6, 6.07) is 3.55. The molecule has 1 saturated carbocycles. The molecular formula is C12H16ClNO2. The van der Waals surface area contributed by atoms with Gasteiger partial charge in [0.2, 0.25) is 0 Å². The molecular weight excluding hydrogens is 226 g/mol. The van der Waals surface area contributed by atoms with Gasteiger partial charge in [0.05, 0.1) is 5.54 Å². The summed E-state index contributed by atoms with van der Waals surface area (Å²) in [6.07, 6.45) is 3.85. The summed E-state index contributed by atoms with van der Waals surface area (Å²) in [5.41, 5.74) is -0.197. The SMILES string of the molecule is CCc1ccc(C(=O)NC2(CCl)CCC2)o1. The molecule has 16 heavy (non-hydrogen) atoms. The van der Waals surface area contributed by atoms with Gasteiger partial charge in [-0.3, -0.25) is 4.79 Å². The van der Waals surface area contributed by atoms with Crippen LogP contribution in [0.3, 0.4) is 0 Å². The Labute approximate surface area is 100 Å². The van der Waals surface area contributed by atoms with Crippen LogP contribution in [0.5, 0.6) is 0 Å². The predicted molar refractivity (Wildman–Crippen MR) is 62.9 cm³/mol. The van der Waals surface area contributed by atoms with Gasteiger partial charge in [-0.25, -0.2) is 0 Å². The average Bonchev–Trinajstić information content (AvgIpc) is 2.71. The molecule has 0 saturated heterocycles. The highest BCUT2D eigenvalue weighted by Crippen LogP contribution is 2.33. The first kappa shape index (κ1) is 11.5. The minimum Gasteiger partial charge on any atom is -0.456 e. The Balaban J connectivity index is 2.02. The third kappa shape index (κ3) is 2.09. The van der Waals surface area contributed by atoms with Crippen molar-refractivity contribution in [2.45, 2.75) is 38.1 Å². The van der Waals surface area contributed by atoms with Gasteiger partial charge in [0.25, 0.3) is 5.91 Å². The van der Waals surface area contributed by atoms with Gasteiger partial charge in [0.1, 0.15) is 5.76 Å². The molecule has 1 N–H and O–H groups in total. The monoisotopic (exact) mass is 241 g/mol. The zero-order chi connectivity index (χ0) is 11.6. The van der Waals surface area contributed by atoms with Crippen LogP contribution in [-0.4, -0.2) is 17.3 Å². The Morgan fingerprint density at radius 1 is 1.56 bits per heavy atom. The van der Waals surface area contributed by atoms with E-state index in [9.17, 15) is 4.79 Å². The number of rotatable bonds is 4. The summed E-state index contributed by atoms with van der Waals surface area (Å²) in [5, 5.41) is 2.97. The zero-order valence-electron chi connectivity index (χ0n) is 9.38. The molecule has 4 heteroatoms. The van der Waals surface area contributed by atoms with E-state index in [0.29, 0.717) is 11.6 Å². The van der Waals surface area contributed by atoms with E-state index in [1.165, 1.54) is 0 Å². The standard InChI is InChI=1S/C12H16ClNO2/c1-2-9-4-5-10(16-9)11(15)14-12(8-13)6-3-7-12/h4-5H,2-3,6-8H2,1H3,(H,14,15). The first-order chi connectivity index (χ1) is 7.69. The van der Waals surface area contributed by atoms with Crippen molar-refractivity contribution in [3.8, 4) is 0 Å². The number of hydrogen-bond acceptors (Lipinski definition) is 2. The minimum absolute atomic E-state index is 0.153. The van der Waals surface area contributed by atoms with Crippen LogP contribution in [0, 0.1) is 0 Å². The second-order valence-corrected chi connectivity index (χ2v) is 4.61. The van der Waals surface area contributed by atoms with Crippen molar-refractivity contribution in [1.82, 2.24) is 5.32 Å². The Kier molecular flexibility index (Phi) is 3.24. The summed E-state index contributed by atoms with van der Waals surface area (Å²) in [5.74, 6) is 1.53. The molecule has 1 heterocycles. The van der Waals surface area contributed by atoms with Gasteiger partial charge < -0.3 is 9.73 Å². The zero-order valence-corrected chi connectivity index (χ0v) is 10.1. The Hall–Kier alpha value is -0.960. The molecule has 1 aliphatic carbocycles. The second kappa shape index (κ2) is 4.50. The number of nitrogens with one attached hydrogen (secondary N) is 1. The van der Waals surface area contributed by atoms with Gasteiger partial charge in [-0.05, 0) is 31.4 Å². The largest absolute Gasteiger partial charge is 0.456 e. The molecule has 0 radical (unpaired) electrons. The van der Waals surface area contributed by atoms with Crippen molar-refractivity contribution in [2.24, 2.45) is 0 Å². The fraction of sp³-hybridized carbons (Fsp3) is 0.583. The van der Waals surface area contributed by atoms with Gasteiger partial charge in [-0.15, -0.1) is 11.6 Å². The summed E-state index contributed by atoms with van der Waals surface area (Å²) in [4.78, 5) is 11.9. The summed E-state index contributed by atoms with van der Waals surface area (Å²) >= 11 is 5.88. The predicted octanol–water partition coefficient (Wildman–Crippen LogP) is 2.73. The van der Waals surface area contributed by atoms with Crippen LogP contribution in [-0.2, 0) is 6.42 Å². The number of aryl methyl sites for hydroxylation is 1. The third-order valence-electron chi connectivity index (χ3n) is 3.18. The summed E-state index contributed by atoms with van der Waals surface area (Å²) < 4.78 is 5.40. The maximum absolute atomic E-state index is 11.9. The van der Waals surface area contributed by atoms with Crippen LogP contribution >= 0.6 is 11.6 Å². The number of hydrogen-bond donors (Lipinski definition) is 1. The molecule has 0 unspecified atom stereocenters. The van der Waals surface area contributed by atoms with Crippen LogP contribution in [0.1, 0.15) is 42.5 Å². The highest BCUT2D eigenvalue weighted by molar-refractivity contribution is 6.19. The van der Waals surface area contributed by atoms with E-state index in [1.54, 1.807) is 6.07 Å². The van der Waals surface area contributed by atoms with Crippen LogP contribution < -0.4 is 5.32 Å². The van der Waals surface area contributed by atoms with Crippen LogP contribution in [0.15, 0.2) is 16.5 Å². The maximum Gasteiger partial charge on any atom is 0.287 e. The minimum atomic E-state index is -0.197. The highest BCUT2D eigenvalue weighted by atomic mass is 35.5. The Morgan fingerprint density at radius 2 is 2.31 bits per heavy atom. The number of halogens is 1. The quantitative estimate of drug-likeness (QED) is 0.824. The van der Waals surface area contributed by atoms with Gasteiger partial charge in [-0.2, -0.15) is 0 Å². The number of alkyl halides is 1. The lowest BCUT2D eigenvalue weighted by atomic mass is 9.78. The second-order valence-electron chi connectivity index (χ2n) is 4.34. The van der Waals surface area contributed by atoms with E-state index in [0.717, 1.165) is 31.4 Å². The molecule has 0 aliphatic heterocycles. The molecule has 0 spiro atoms. The highest BCUT2D eigenvalue weighted by Gasteiger charge is 2.38. The van der Waals surface area contributed by atoms with Gasteiger partial charge in [0.15, 0.2) is 5.76 Å². The smallest absolute Gasteiger partial charge is 0.287 e. The molecule has 1 aromatic rings. The molecule has 0 aromatic carbocycles. The van der Waals surface area contributed by atoms with Crippen molar-refractivity contribution < 1.29 is 9.21 Å². The Morgan fingerprint density at radius 3 is 2.75 bits per heavy atom. The molecule has 0 atom stereocenters. The number of furan rings is 1. The van der Waals surface area contributed by atoms with E-state index in [2.05, 4.69) is 5.32 Å². The summed E-state index contributed by atoms with van der Waals surface area (Å²) in [7, 11) is 0. The lowest BCUT2D eigenvalue weighted by molar-refractivity contribution is 0.0823. The topological polar surface area (TPSA) is 42.2 Å². The van der Waals surface area contributed by atoms with E-state index in [4.69, 9.17) is 16.0 Å². The Bertz CT molecular complexity index is 377. The van der Waals surface area contributed by atoms with Crippen molar-refractivity contribution in [3.05, 3.63) is 23.7 Å². The van der Waals surface area contributed by atoms with Crippen molar-refractivity contribution in [3.63, 3.8) is 0 Å². The average molecular weight is 242 g/mol. The molecule has 3 nitrogen and oxygen atoms in total. The van der Waals surface area contributed by atoms with Crippen LogP contribution in [0.2, 0.25) is 0 Å². The maximum atomic E-state index is 11.9. The molecule has 0 bridgehead atoms. The molecule has 1 aliphatic rings. The molecule has 1 fully saturated rings. The normalized spacial score (nSPS) is 17.9. The van der Waals surface area contributed by atoms with Crippen LogP contribution in [0.25, 0.3) is 0 Å². The number of amides is 1. The third-order valence-corrected chi connectivity index (χ3v) is 3.69. The van der Waals surface area contributed by atoms with Crippen LogP contribution in [0.4, 0.5) is 0 Å². The molecule has 88 valence electrons. The van der Waals surface area contributed by atoms with E-state index in [1.807, 2.05) is 13.0 Å². The number of carbonyl (C=O) groups is 1. The summed E-state index contributed by atoms with van der Waals surface area (Å²) in [6.45, 7) is 1.99. The van der Waals surface area contributed by atoms with E-state index >= 15 is 0 Å². The first-order valence-corrected chi connectivity index (χ1v) is 6.20. The van der Waals surface area contributed by atoms with E-state index in [-0.39, 0.29) is 11.4 Å². The lowest BCUT2D eigenvalue weighted by Crippen LogP contribution is -2.54. The fourth-order valence-electron chi connectivity index (χ4n) is 1.89.